The smallest absolute Gasteiger partial charge is 0.489 e. The van der Waals surface area contributed by atoms with E-state index in [0.717, 1.165) is 29.7 Å². The van der Waals surface area contributed by atoms with E-state index in [0.29, 0.717) is 22.1 Å². The minimum Gasteiger partial charge on any atom is -0.489 e. The van der Waals surface area contributed by atoms with Gasteiger partial charge in [0.05, 0.1) is 9.59 Å². The van der Waals surface area contributed by atoms with E-state index < -0.39 is 21.4 Å². The molecule has 0 radical (unpaired) electrons. The summed E-state index contributed by atoms with van der Waals surface area (Å²) in [5.74, 6) is -0.586. The van der Waals surface area contributed by atoms with Crippen molar-refractivity contribution < 1.29 is 35.9 Å². The van der Waals surface area contributed by atoms with Crippen molar-refractivity contribution in [3.8, 4) is 11.5 Å². The molecule has 0 aliphatic heterocycles. The molecule has 2 aromatic carbocycles. The van der Waals surface area contributed by atoms with Gasteiger partial charge in [0.25, 0.3) is 0 Å². The summed E-state index contributed by atoms with van der Waals surface area (Å²) in [7, 11) is -3.53. The van der Waals surface area contributed by atoms with E-state index in [1.54, 1.807) is 30.3 Å². The summed E-state index contributed by atoms with van der Waals surface area (Å²) in [5, 5.41) is 2.39. The second-order valence-corrected chi connectivity index (χ2v) is 13.7. The summed E-state index contributed by atoms with van der Waals surface area (Å²) < 4.78 is 74.1. The number of rotatable bonds is 9. The van der Waals surface area contributed by atoms with Crippen LogP contribution in [0.25, 0.3) is 0 Å². The number of thiophene rings is 1. The maximum absolute atomic E-state index is 13.2. The molecule has 1 N–H and O–H groups in total. The highest BCUT2D eigenvalue weighted by Crippen LogP contribution is 2.58. The summed E-state index contributed by atoms with van der Waals surface area (Å²) >= 11 is 7.00. The largest absolute Gasteiger partial charge is 0.573 e. The van der Waals surface area contributed by atoms with E-state index in [-0.39, 0.29) is 46.8 Å². The zero-order valence-electron chi connectivity index (χ0n) is 20.5. The summed E-state index contributed by atoms with van der Waals surface area (Å²) in [5.41, 5.74) is 1.27. The third-order valence-corrected chi connectivity index (χ3v) is 11.1. The third-order valence-electron chi connectivity index (χ3n) is 7.10. The average Bonchev–Trinajstić information content (AvgIpc) is 3.48. The molecule has 0 saturated heterocycles. The fourth-order valence-electron chi connectivity index (χ4n) is 5.41. The lowest BCUT2D eigenvalue weighted by atomic mass is 9.88. The van der Waals surface area contributed by atoms with Crippen LogP contribution in [-0.2, 0) is 27.8 Å². The molecule has 2 aliphatic carbocycles. The highest BCUT2D eigenvalue weighted by molar-refractivity contribution is 7.94. The molecule has 12 heteroatoms. The molecule has 208 valence electrons. The lowest BCUT2D eigenvalue weighted by Gasteiger charge is -2.20. The number of hydrogen-bond donors (Lipinski definition) is 1. The molecule has 5 rings (SSSR count). The van der Waals surface area contributed by atoms with Crippen LogP contribution in [0, 0.1) is 17.8 Å². The molecule has 6 nitrogen and oxygen atoms in total. The SMILES string of the molecule is O=C(NCc1cccc(OCc2cccc(OC(F)(F)F)c2)c1)[C@@H]1CCCC2C1[C@H]2S(=O)(=O)c1ccc(Cl)s1. The summed E-state index contributed by atoms with van der Waals surface area (Å²) in [4.78, 5) is 13.1. The third kappa shape index (κ3) is 6.53. The van der Waals surface area contributed by atoms with E-state index in [4.69, 9.17) is 16.3 Å². The van der Waals surface area contributed by atoms with Gasteiger partial charge in [-0.15, -0.1) is 24.5 Å². The fraction of sp³-hybridized carbons (Fsp3) is 0.370. The number of halogens is 4. The number of hydrogen-bond acceptors (Lipinski definition) is 6. The maximum Gasteiger partial charge on any atom is 0.573 e. The van der Waals surface area contributed by atoms with Gasteiger partial charge in [-0.05, 0) is 72.2 Å². The number of fused-ring (bicyclic) bond motifs is 1. The van der Waals surface area contributed by atoms with Gasteiger partial charge in [0.15, 0.2) is 9.84 Å². The fourth-order valence-corrected chi connectivity index (χ4v) is 9.41. The quantitative estimate of drug-likeness (QED) is 0.308. The van der Waals surface area contributed by atoms with Crippen LogP contribution in [0.3, 0.4) is 0 Å². The number of benzene rings is 2. The van der Waals surface area contributed by atoms with Gasteiger partial charge in [-0.25, -0.2) is 8.42 Å². The van der Waals surface area contributed by atoms with Gasteiger partial charge in [0, 0.05) is 12.5 Å². The molecule has 1 heterocycles. The Morgan fingerprint density at radius 1 is 1.03 bits per heavy atom. The molecule has 2 unspecified atom stereocenters. The zero-order chi connectivity index (χ0) is 27.8. The first-order valence-corrected chi connectivity index (χ1v) is 15.1. The first kappa shape index (κ1) is 27.8. The van der Waals surface area contributed by atoms with Crippen LogP contribution in [-0.4, -0.2) is 25.9 Å². The van der Waals surface area contributed by atoms with Crippen LogP contribution in [0.4, 0.5) is 13.2 Å². The molecule has 4 atom stereocenters. The Labute approximate surface area is 233 Å². The minimum atomic E-state index is -4.77. The van der Waals surface area contributed by atoms with Gasteiger partial charge < -0.3 is 14.8 Å². The molecule has 2 fully saturated rings. The van der Waals surface area contributed by atoms with Crippen molar-refractivity contribution in [2.24, 2.45) is 17.8 Å². The first-order valence-electron chi connectivity index (χ1n) is 12.3. The van der Waals surface area contributed by atoms with Gasteiger partial charge in [-0.2, -0.15) is 0 Å². The van der Waals surface area contributed by atoms with Gasteiger partial charge >= 0.3 is 6.36 Å². The van der Waals surface area contributed by atoms with Crippen molar-refractivity contribution in [1.29, 1.82) is 0 Å². The monoisotopic (exact) mass is 599 g/mol. The zero-order valence-corrected chi connectivity index (χ0v) is 22.9. The van der Waals surface area contributed by atoms with Crippen LogP contribution >= 0.6 is 22.9 Å². The van der Waals surface area contributed by atoms with E-state index in [1.807, 2.05) is 6.07 Å². The molecular weight excluding hydrogens is 575 g/mol. The van der Waals surface area contributed by atoms with Crippen LogP contribution in [0.5, 0.6) is 11.5 Å². The number of sulfone groups is 1. The van der Waals surface area contributed by atoms with Crippen molar-refractivity contribution in [1.82, 2.24) is 5.32 Å². The number of carbonyl (C=O) groups is 1. The summed E-state index contributed by atoms with van der Waals surface area (Å²) in [6.45, 7) is 0.262. The van der Waals surface area contributed by atoms with Crippen LogP contribution < -0.4 is 14.8 Å². The molecule has 0 bridgehead atoms. The van der Waals surface area contributed by atoms with Gasteiger partial charge in [0.1, 0.15) is 22.3 Å². The lowest BCUT2D eigenvalue weighted by molar-refractivity contribution is -0.274. The molecule has 2 aliphatic rings. The molecule has 0 spiro atoms. The van der Waals surface area contributed by atoms with Crippen molar-refractivity contribution >= 4 is 38.7 Å². The normalized spacial score (nSPS) is 22.6. The minimum absolute atomic E-state index is 0.0165. The second-order valence-electron chi connectivity index (χ2n) is 9.70. The Bertz CT molecular complexity index is 1460. The van der Waals surface area contributed by atoms with Crippen LogP contribution in [0.2, 0.25) is 4.34 Å². The van der Waals surface area contributed by atoms with Crippen molar-refractivity contribution in [3.63, 3.8) is 0 Å². The molecule has 3 aromatic rings. The Balaban J connectivity index is 1.17. The van der Waals surface area contributed by atoms with E-state index in [2.05, 4.69) is 10.1 Å². The Morgan fingerprint density at radius 2 is 1.74 bits per heavy atom. The predicted molar refractivity (Wildman–Crippen MR) is 140 cm³/mol. The topological polar surface area (TPSA) is 81.7 Å². The molecule has 2 saturated carbocycles. The van der Waals surface area contributed by atoms with Crippen LogP contribution in [0.1, 0.15) is 30.4 Å². The molecule has 1 amide bonds. The highest BCUT2D eigenvalue weighted by Gasteiger charge is 2.63. The van der Waals surface area contributed by atoms with Gasteiger partial charge in [-0.1, -0.05) is 42.3 Å². The van der Waals surface area contributed by atoms with Gasteiger partial charge in [0.2, 0.25) is 5.91 Å². The lowest BCUT2D eigenvalue weighted by Crippen LogP contribution is -2.33. The number of nitrogens with one attached hydrogen (secondary N) is 1. The number of amides is 1. The van der Waals surface area contributed by atoms with Crippen LogP contribution in [0.15, 0.2) is 64.9 Å². The van der Waals surface area contributed by atoms with Crippen molar-refractivity contribution in [2.75, 3.05) is 0 Å². The summed E-state index contributed by atoms with van der Waals surface area (Å²) in [6, 6.07) is 15.7. The summed E-state index contributed by atoms with van der Waals surface area (Å²) in [6.07, 6.45) is -2.54. The number of ether oxygens (including phenoxy) is 2. The van der Waals surface area contributed by atoms with Gasteiger partial charge in [-0.3, -0.25) is 4.79 Å². The predicted octanol–water partition coefficient (Wildman–Crippen LogP) is 6.38. The Morgan fingerprint density at radius 3 is 2.46 bits per heavy atom. The first-order chi connectivity index (χ1) is 18.5. The molecule has 39 heavy (non-hydrogen) atoms. The molecular formula is C27H25ClF3NO5S2. The second kappa shape index (κ2) is 11.0. The van der Waals surface area contributed by atoms with E-state index in [1.165, 1.54) is 24.3 Å². The maximum atomic E-state index is 13.2. The Kier molecular flexibility index (Phi) is 7.85. The standard InChI is InChI=1S/C27H25ClF3NO5S2/c28-22-10-11-23(38-22)39(34,35)25-20-8-3-9-21(24(20)25)26(33)32-14-16-4-1-6-18(12-16)36-15-17-5-2-7-19(13-17)37-27(29,30)31/h1-2,4-7,10-13,20-21,24-25H,3,8-9,14-15H2,(H,32,33)/t20?,21-,24?,25+/m1/s1. The Hall–Kier alpha value is -2.76. The number of alkyl halides is 3. The van der Waals surface area contributed by atoms with E-state index >= 15 is 0 Å². The van der Waals surface area contributed by atoms with Crippen molar-refractivity contribution in [3.05, 3.63) is 76.1 Å². The number of carbonyl (C=O) groups excluding carboxylic acids is 1. The highest BCUT2D eigenvalue weighted by atomic mass is 35.5. The van der Waals surface area contributed by atoms with E-state index in [9.17, 15) is 26.4 Å². The van der Waals surface area contributed by atoms with Crippen molar-refractivity contribution in [2.45, 2.75) is 48.2 Å². The average molecular weight is 600 g/mol. The molecule has 1 aromatic heterocycles.